The van der Waals surface area contributed by atoms with Gasteiger partial charge < -0.3 is 24.4 Å². The SMILES string of the molecule is CCOC(=O)CNC(=O)c1cc(F)c2nc([C@@]3(O)[C@@H]4CC[C@H]3C[C@@H](OCc3c(-c5c(Cl)cccc5Cl)noc3C3CC3)C4)sc2c1. The molecule has 0 unspecified atom stereocenters. The summed E-state index contributed by atoms with van der Waals surface area (Å²) in [4.78, 5) is 28.8. The van der Waals surface area contributed by atoms with Gasteiger partial charge in [0.25, 0.3) is 5.91 Å². The van der Waals surface area contributed by atoms with Crippen molar-refractivity contribution in [1.29, 1.82) is 0 Å². The van der Waals surface area contributed by atoms with Crippen LogP contribution in [-0.2, 0) is 26.5 Å². The van der Waals surface area contributed by atoms with Crippen molar-refractivity contribution in [2.45, 2.75) is 69.7 Å². The first-order valence-electron chi connectivity index (χ1n) is 15.5. The minimum absolute atomic E-state index is 0.0633. The predicted octanol–water partition coefficient (Wildman–Crippen LogP) is 7.16. The summed E-state index contributed by atoms with van der Waals surface area (Å²) in [6.07, 6.45) is 4.75. The Labute approximate surface area is 278 Å². The molecule has 0 saturated heterocycles. The van der Waals surface area contributed by atoms with Crippen molar-refractivity contribution in [3.8, 4) is 11.3 Å². The quantitative estimate of drug-likeness (QED) is 0.168. The molecule has 2 heterocycles. The Balaban J connectivity index is 1.08. The van der Waals surface area contributed by atoms with Crippen LogP contribution in [0.4, 0.5) is 4.39 Å². The van der Waals surface area contributed by atoms with E-state index in [-0.39, 0.29) is 48.8 Å². The van der Waals surface area contributed by atoms with Crippen LogP contribution in [0, 0.1) is 17.7 Å². The monoisotopic (exact) mass is 687 g/mol. The molecular weight excluding hydrogens is 656 g/mol. The fourth-order valence-electron chi connectivity index (χ4n) is 6.99. The van der Waals surface area contributed by atoms with E-state index in [0.29, 0.717) is 49.8 Å². The molecule has 7 rings (SSSR count). The van der Waals surface area contributed by atoms with Gasteiger partial charge in [0.15, 0.2) is 5.82 Å². The van der Waals surface area contributed by atoms with E-state index >= 15 is 4.39 Å². The number of hydrogen-bond donors (Lipinski definition) is 2. The molecule has 3 aliphatic carbocycles. The summed E-state index contributed by atoms with van der Waals surface area (Å²) in [5.74, 6) is -0.985. The summed E-state index contributed by atoms with van der Waals surface area (Å²) in [6, 6.07) is 7.97. The Bertz CT molecular complexity index is 1790. The molecular formula is C33H32Cl2FN3O6S. The highest BCUT2D eigenvalue weighted by molar-refractivity contribution is 7.18. The van der Waals surface area contributed by atoms with E-state index in [1.54, 1.807) is 31.2 Å². The van der Waals surface area contributed by atoms with Crippen LogP contribution in [0.2, 0.25) is 10.0 Å². The van der Waals surface area contributed by atoms with Gasteiger partial charge in [-0.25, -0.2) is 9.37 Å². The molecule has 13 heteroatoms. The van der Waals surface area contributed by atoms with Gasteiger partial charge in [0.1, 0.15) is 34.1 Å². The van der Waals surface area contributed by atoms with Gasteiger partial charge in [0.2, 0.25) is 0 Å². The molecule has 2 N–H and O–H groups in total. The molecule has 0 radical (unpaired) electrons. The van der Waals surface area contributed by atoms with Crippen LogP contribution in [0.25, 0.3) is 21.5 Å². The average Bonchev–Trinajstić information content (AvgIpc) is 3.60. The lowest BCUT2D eigenvalue weighted by atomic mass is 9.73. The highest BCUT2D eigenvalue weighted by Gasteiger charge is 2.56. The third-order valence-corrected chi connectivity index (χ3v) is 11.2. The maximum Gasteiger partial charge on any atom is 0.325 e. The third kappa shape index (κ3) is 5.70. The summed E-state index contributed by atoms with van der Waals surface area (Å²) >= 11 is 14.2. The van der Waals surface area contributed by atoms with Gasteiger partial charge in [-0.2, -0.15) is 0 Å². The maximum absolute atomic E-state index is 15.2. The number of thiazole rings is 1. The topological polar surface area (TPSA) is 124 Å². The van der Waals surface area contributed by atoms with Gasteiger partial charge in [-0.3, -0.25) is 9.59 Å². The number of rotatable bonds is 10. The summed E-state index contributed by atoms with van der Waals surface area (Å²) < 4.78 is 32.8. The van der Waals surface area contributed by atoms with Crippen molar-refractivity contribution >= 4 is 56.6 Å². The van der Waals surface area contributed by atoms with E-state index in [0.717, 1.165) is 43.1 Å². The highest BCUT2D eigenvalue weighted by atomic mass is 35.5. The van der Waals surface area contributed by atoms with Gasteiger partial charge in [-0.05, 0) is 81.5 Å². The average molecular weight is 689 g/mol. The van der Waals surface area contributed by atoms with Gasteiger partial charge in [0.05, 0.1) is 34.1 Å². The second-order valence-corrected chi connectivity index (χ2v) is 14.1. The summed E-state index contributed by atoms with van der Waals surface area (Å²) in [6.45, 7) is 1.82. The lowest BCUT2D eigenvalue weighted by molar-refractivity contribution is -0.141. The Hall–Kier alpha value is -3.09. The van der Waals surface area contributed by atoms with E-state index in [2.05, 4.69) is 15.5 Å². The Kier molecular flexibility index (Phi) is 8.56. The zero-order chi connectivity index (χ0) is 32.2. The molecule has 3 aliphatic rings. The van der Waals surface area contributed by atoms with Crippen molar-refractivity contribution in [2.24, 2.45) is 11.8 Å². The van der Waals surface area contributed by atoms with Gasteiger partial charge >= 0.3 is 5.97 Å². The Morgan fingerprint density at radius 3 is 2.54 bits per heavy atom. The molecule has 2 aromatic heterocycles. The first-order chi connectivity index (χ1) is 22.2. The number of benzene rings is 2. The van der Waals surface area contributed by atoms with Crippen LogP contribution < -0.4 is 5.32 Å². The number of nitrogens with one attached hydrogen (secondary N) is 1. The predicted molar refractivity (Wildman–Crippen MR) is 170 cm³/mol. The number of amides is 1. The van der Waals surface area contributed by atoms with Crippen molar-refractivity contribution in [3.63, 3.8) is 0 Å². The van der Waals surface area contributed by atoms with Gasteiger partial charge in [-0.15, -0.1) is 11.3 Å². The zero-order valence-corrected chi connectivity index (χ0v) is 27.3. The maximum atomic E-state index is 15.2. The minimum atomic E-state index is -1.23. The van der Waals surface area contributed by atoms with Crippen molar-refractivity contribution in [2.75, 3.05) is 13.2 Å². The Morgan fingerprint density at radius 1 is 1.15 bits per heavy atom. The lowest BCUT2D eigenvalue weighted by Gasteiger charge is -2.41. The summed E-state index contributed by atoms with van der Waals surface area (Å²) in [5.41, 5.74) is 1.02. The lowest BCUT2D eigenvalue weighted by Crippen LogP contribution is -2.44. The standard InChI is InChI=1S/C33H32Cl2FN3O6S/c1-2-43-26(40)14-37-31(41)17-10-24(36)29-25(11-17)46-32(38-29)33(42)18-8-9-19(33)13-20(12-18)44-15-21-28(39-45-30(21)16-6-7-16)27-22(34)4-3-5-23(27)35/h3-5,10-11,16,18-20,42H,2,6-9,12-15H2,1H3,(H,37,41)/t18-,19+,20+,33-. The molecule has 46 heavy (non-hydrogen) atoms. The number of hydrogen-bond acceptors (Lipinski definition) is 9. The molecule has 0 aliphatic heterocycles. The third-order valence-electron chi connectivity index (χ3n) is 9.38. The number of aromatic nitrogens is 2. The number of aliphatic hydroxyl groups is 1. The summed E-state index contributed by atoms with van der Waals surface area (Å²) in [7, 11) is 0. The van der Waals surface area contributed by atoms with Crippen LogP contribution >= 0.6 is 34.5 Å². The first kappa shape index (κ1) is 31.5. The number of halogens is 3. The number of esters is 1. The number of carbonyl (C=O) groups excluding carboxylic acids is 2. The smallest absolute Gasteiger partial charge is 0.325 e. The molecule has 1 amide bonds. The van der Waals surface area contributed by atoms with E-state index in [1.807, 2.05) is 0 Å². The molecule has 4 aromatic rings. The molecule has 4 atom stereocenters. The molecule has 9 nitrogen and oxygen atoms in total. The molecule has 2 aromatic carbocycles. The van der Waals surface area contributed by atoms with Crippen LogP contribution in [0.1, 0.15) is 78.1 Å². The van der Waals surface area contributed by atoms with Gasteiger partial charge in [0, 0.05) is 22.6 Å². The van der Waals surface area contributed by atoms with Crippen LogP contribution in [0.5, 0.6) is 0 Å². The number of fused-ring (bicyclic) bond motifs is 3. The second kappa shape index (κ2) is 12.5. The van der Waals surface area contributed by atoms with Crippen LogP contribution in [0.3, 0.4) is 0 Å². The van der Waals surface area contributed by atoms with Crippen LogP contribution in [-0.4, -0.2) is 46.4 Å². The fourth-order valence-corrected chi connectivity index (χ4v) is 8.84. The van der Waals surface area contributed by atoms with Crippen LogP contribution in [0.15, 0.2) is 34.9 Å². The van der Waals surface area contributed by atoms with Gasteiger partial charge in [-0.1, -0.05) is 34.4 Å². The van der Waals surface area contributed by atoms with E-state index in [4.69, 9.17) is 37.2 Å². The van der Waals surface area contributed by atoms with E-state index in [1.165, 1.54) is 11.3 Å². The number of ether oxygens (including phenoxy) is 2. The largest absolute Gasteiger partial charge is 0.465 e. The van der Waals surface area contributed by atoms with Crippen molar-refractivity contribution < 1.29 is 33.1 Å². The highest BCUT2D eigenvalue weighted by Crippen LogP contribution is 2.57. The van der Waals surface area contributed by atoms with E-state index < -0.39 is 23.3 Å². The molecule has 2 bridgehead atoms. The number of nitrogens with zero attached hydrogens (tertiary/aromatic N) is 2. The van der Waals surface area contributed by atoms with Crippen molar-refractivity contribution in [1.82, 2.24) is 15.5 Å². The molecule has 3 fully saturated rings. The molecule has 3 saturated carbocycles. The second-order valence-electron chi connectivity index (χ2n) is 12.3. The Morgan fingerprint density at radius 2 is 1.87 bits per heavy atom. The fraction of sp³-hybridized carbons (Fsp3) is 0.455. The zero-order valence-electron chi connectivity index (χ0n) is 25.0. The van der Waals surface area contributed by atoms with Crippen molar-refractivity contribution in [3.05, 3.63) is 68.1 Å². The minimum Gasteiger partial charge on any atom is -0.465 e. The summed E-state index contributed by atoms with van der Waals surface area (Å²) in [5, 5.41) is 20.4. The normalized spacial score (nSPS) is 24.0. The number of carbonyl (C=O) groups is 2. The molecule has 242 valence electrons. The molecule has 0 spiro atoms. The van der Waals surface area contributed by atoms with E-state index in [9.17, 15) is 14.7 Å². The first-order valence-corrected chi connectivity index (χ1v) is 17.1.